The summed E-state index contributed by atoms with van der Waals surface area (Å²) < 4.78 is 6.12. The van der Waals surface area contributed by atoms with Gasteiger partial charge in [0.25, 0.3) is 5.91 Å². The van der Waals surface area contributed by atoms with Crippen LogP contribution in [0.5, 0.6) is 6.01 Å². The molecule has 1 amide bonds. The minimum absolute atomic E-state index is 0.274. The Morgan fingerprint density at radius 1 is 1.29 bits per heavy atom. The number of hydrogen-bond donors (Lipinski definition) is 1. The predicted octanol–water partition coefficient (Wildman–Crippen LogP) is 2.74. The van der Waals surface area contributed by atoms with Crippen molar-refractivity contribution in [3.05, 3.63) is 41.7 Å². The Balaban J connectivity index is 1.76. The number of benzene rings is 1. The topological polar surface area (TPSA) is 77.0 Å². The first-order valence-electron chi connectivity index (χ1n) is 6.38. The fraction of sp³-hybridized carbons (Fsp3) is 0.143. The molecule has 0 unspecified atom stereocenters. The van der Waals surface area contributed by atoms with Crippen LogP contribution in [0.4, 0.5) is 5.69 Å². The number of nitrogens with zero attached hydrogens (tertiary/aromatic N) is 3. The van der Waals surface area contributed by atoms with Gasteiger partial charge in [0.15, 0.2) is 5.01 Å². The van der Waals surface area contributed by atoms with Crippen molar-refractivity contribution in [1.29, 1.82) is 0 Å². The van der Waals surface area contributed by atoms with Gasteiger partial charge < -0.3 is 10.1 Å². The van der Waals surface area contributed by atoms with E-state index in [0.29, 0.717) is 17.3 Å². The number of nitrogens with one attached hydrogen (secondary N) is 1. The van der Waals surface area contributed by atoms with E-state index in [1.807, 2.05) is 31.2 Å². The summed E-state index contributed by atoms with van der Waals surface area (Å²) in [5.41, 5.74) is 1.32. The molecule has 0 radical (unpaired) electrons. The van der Waals surface area contributed by atoms with Crippen LogP contribution in [0.25, 0.3) is 10.2 Å². The maximum Gasteiger partial charge on any atom is 0.316 e. The molecule has 2 aromatic heterocycles. The first-order chi connectivity index (χ1) is 10.3. The van der Waals surface area contributed by atoms with Crippen LogP contribution in [0.1, 0.15) is 16.7 Å². The van der Waals surface area contributed by atoms with Crippen molar-refractivity contribution in [3.8, 4) is 6.01 Å². The Hall–Kier alpha value is -2.54. The lowest BCUT2D eigenvalue weighted by atomic mass is 10.3. The second kappa shape index (κ2) is 5.84. The largest absolute Gasteiger partial charge is 0.464 e. The molecule has 106 valence electrons. The standard InChI is InChI=1S/C14H12N4O2S/c1-2-20-14-15-7-9(8-16-14)17-12(19)13-18-10-5-3-4-6-11(10)21-13/h3-8H,2H2,1H3,(H,17,19). The number of aromatic nitrogens is 3. The lowest BCUT2D eigenvalue weighted by Crippen LogP contribution is -2.12. The molecule has 0 aliphatic carbocycles. The molecule has 1 aromatic carbocycles. The molecule has 7 heteroatoms. The van der Waals surface area contributed by atoms with Gasteiger partial charge in [-0.25, -0.2) is 15.0 Å². The zero-order valence-corrected chi connectivity index (χ0v) is 12.1. The molecule has 0 saturated carbocycles. The van der Waals surface area contributed by atoms with Crippen LogP contribution in [0.2, 0.25) is 0 Å². The molecule has 3 aromatic rings. The molecule has 0 aliphatic rings. The minimum atomic E-state index is -0.274. The number of carbonyl (C=O) groups is 1. The Morgan fingerprint density at radius 3 is 2.76 bits per heavy atom. The quantitative estimate of drug-likeness (QED) is 0.801. The van der Waals surface area contributed by atoms with E-state index in [4.69, 9.17) is 4.74 Å². The molecule has 0 aliphatic heterocycles. The van der Waals surface area contributed by atoms with E-state index in [1.54, 1.807) is 0 Å². The van der Waals surface area contributed by atoms with E-state index in [-0.39, 0.29) is 11.9 Å². The van der Waals surface area contributed by atoms with Crippen LogP contribution >= 0.6 is 11.3 Å². The molecule has 0 spiro atoms. The molecule has 21 heavy (non-hydrogen) atoms. The van der Waals surface area contributed by atoms with Gasteiger partial charge in [0.1, 0.15) is 0 Å². The summed E-state index contributed by atoms with van der Waals surface area (Å²) in [6.45, 7) is 2.35. The van der Waals surface area contributed by atoms with Crippen molar-refractivity contribution in [2.45, 2.75) is 6.92 Å². The number of fused-ring (bicyclic) bond motifs is 1. The molecular formula is C14H12N4O2S. The summed E-state index contributed by atoms with van der Waals surface area (Å²) in [4.78, 5) is 24.4. The van der Waals surface area contributed by atoms with Gasteiger partial charge in [-0.15, -0.1) is 11.3 Å². The summed E-state index contributed by atoms with van der Waals surface area (Å²) in [5, 5.41) is 3.12. The normalized spacial score (nSPS) is 10.5. The van der Waals surface area contributed by atoms with Crippen molar-refractivity contribution in [2.24, 2.45) is 0 Å². The molecule has 1 N–H and O–H groups in total. The van der Waals surface area contributed by atoms with E-state index in [0.717, 1.165) is 10.2 Å². The van der Waals surface area contributed by atoms with E-state index in [2.05, 4.69) is 20.3 Å². The maximum atomic E-state index is 12.1. The van der Waals surface area contributed by atoms with Crippen LogP contribution in [-0.2, 0) is 0 Å². The van der Waals surface area contributed by atoms with Crippen molar-refractivity contribution in [1.82, 2.24) is 15.0 Å². The van der Waals surface area contributed by atoms with Gasteiger partial charge in [0.2, 0.25) is 0 Å². The summed E-state index contributed by atoms with van der Waals surface area (Å²) in [6.07, 6.45) is 3.01. The summed E-state index contributed by atoms with van der Waals surface area (Å²) in [7, 11) is 0. The lowest BCUT2D eigenvalue weighted by molar-refractivity contribution is 0.102. The molecule has 0 bridgehead atoms. The molecule has 3 rings (SSSR count). The third-order valence-corrected chi connectivity index (χ3v) is 3.68. The highest BCUT2D eigenvalue weighted by molar-refractivity contribution is 7.20. The van der Waals surface area contributed by atoms with Crippen LogP contribution in [0, 0.1) is 0 Å². The van der Waals surface area contributed by atoms with Gasteiger partial charge >= 0.3 is 6.01 Å². The van der Waals surface area contributed by atoms with Gasteiger partial charge in [-0.1, -0.05) is 12.1 Å². The fourth-order valence-electron chi connectivity index (χ4n) is 1.74. The third kappa shape index (κ3) is 2.97. The zero-order valence-electron chi connectivity index (χ0n) is 11.2. The number of thiazole rings is 1. The number of rotatable bonds is 4. The number of carbonyl (C=O) groups excluding carboxylic acids is 1. The Labute approximate surface area is 124 Å². The van der Waals surface area contributed by atoms with Crippen LogP contribution in [-0.4, -0.2) is 27.5 Å². The zero-order chi connectivity index (χ0) is 14.7. The average molecular weight is 300 g/mol. The third-order valence-electron chi connectivity index (χ3n) is 2.65. The monoisotopic (exact) mass is 300 g/mol. The molecule has 6 nitrogen and oxygen atoms in total. The first kappa shape index (κ1) is 13.4. The highest BCUT2D eigenvalue weighted by atomic mass is 32.1. The average Bonchev–Trinajstić information content (AvgIpc) is 2.94. The number of hydrogen-bond acceptors (Lipinski definition) is 6. The van der Waals surface area contributed by atoms with Crippen molar-refractivity contribution in [3.63, 3.8) is 0 Å². The van der Waals surface area contributed by atoms with Gasteiger partial charge in [-0.05, 0) is 19.1 Å². The SMILES string of the molecule is CCOc1ncc(NC(=O)c2nc3ccccc3s2)cn1. The Kier molecular flexibility index (Phi) is 3.74. The van der Waals surface area contributed by atoms with Crippen LogP contribution in [0.3, 0.4) is 0 Å². The van der Waals surface area contributed by atoms with Gasteiger partial charge in [-0.2, -0.15) is 0 Å². The fourth-order valence-corrected chi connectivity index (χ4v) is 2.60. The highest BCUT2D eigenvalue weighted by Crippen LogP contribution is 2.22. The summed E-state index contributed by atoms with van der Waals surface area (Å²) >= 11 is 1.35. The summed E-state index contributed by atoms with van der Waals surface area (Å²) in [6, 6.07) is 7.91. The number of anilines is 1. The molecular weight excluding hydrogens is 288 g/mol. The number of amides is 1. The highest BCUT2D eigenvalue weighted by Gasteiger charge is 2.12. The molecule has 0 saturated heterocycles. The Bertz CT molecular complexity index is 737. The molecule has 0 atom stereocenters. The smallest absolute Gasteiger partial charge is 0.316 e. The van der Waals surface area contributed by atoms with Gasteiger partial charge in [0.05, 0.1) is 34.9 Å². The summed E-state index contributed by atoms with van der Waals surface area (Å²) in [5.74, 6) is -0.274. The van der Waals surface area contributed by atoms with E-state index >= 15 is 0 Å². The number of para-hydroxylation sites is 1. The van der Waals surface area contributed by atoms with E-state index < -0.39 is 0 Å². The van der Waals surface area contributed by atoms with Gasteiger partial charge in [-0.3, -0.25) is 4.79 Å². The second-order valence-electron chi connectivity index (χ2n) is 4.13. The van der Waals surface area contributed by atoms with Crippen molar-refractivity contribution < 1.29 is 9.53 Å². The predicted molar refractivity (Wildman–Crippen MR) is 80.8 cm³/mol. The first-order valence-corrected chi connectivity index (χ1v) is 7.19. The number of ether oxygens (including phenoxy) is 1. The van der Waals surface area contributed by atoms with Gasteiger partial charge in [0, 0.05) is 0 Å². The van der Waals surface area contributed by atoms with Crippen molar-refractivity contribution in [2.75, 3.05) is 11.9 Å². The van der Waals surface area contributed by atoms with Crippen LogP contribution < -0.4 is 10.1 Å². The minimum Gasteiger partial charge on any atom is -0.464 e. The second-order valence-corrected chi connectivity index (χ2v) is 5.16. The molecule has 0 fully saturated rings. The van der Waals surface area contributed by atoms with Crippen molar-refractivity contribution >= 4 is 33.1 Å². The van der Waals surface area contributed by atoms with E-state index in [1.165, 1.54) is 23.7 Å². The lowest BCUT2D eigenvalue weighted by Gasteiger charge is -2.03. The molecule has 2 heterocycles. The Morgan fingerprint density at radius 2 is 2.05 bits per heavy atom. The van der Waals surface area contributed by atoms with Crippen LogP contribution in [0.15, 0.2) is 36.7 Å². The maximum absolute atomic E-state index is 12.1. The van der Waals surface area contributed by atoms with E-state index in [9.17, 15) is 4.79 Å².